The Hall–Kier alpha value is -4.59. The highest BCUT2D eigenvalue weighted by Crippen LogP contribution is 2.20. The predicted octanol–water partition coefficient (Wildman–Crippen LogP) is 5.07. The van der Waals surface area contributed by atoms with Crippen molar-refractivity contribution in [1.29, 1.82) is 0 Å². The van der Waals surface area contributed by atoms with E-state index in [1.807, 2.05) is 91.1 Å². The number of carbonyl (C=O) groups is 3. The van der Waals surface area contributed by atoms with Crippen molar-refractivity contribution < 1.29 is 23.9 Å². The van der Waals surface area contributed by atoms with E-state index in [1.54, 1.807) is 20.8 Å². The summed E-state index contributed by atoms with van der Waals surface area (Å²) in [5.74, 6) is -1.09. The van der Waals surface area contributed by atoms with Gasteiger partial charge in [-0.25, -0.2) is 9.59 Å². The van der Waals surface area contributed by atoms with Crippen LogP contribution >= 0.6 is 0 Å². The molecule has 208 valence electrons. The number of H-pyrrole nitrogens is 1. The number of nitrogens with one attached hydrogen (secondary N) is 3. The number of aromatic nitrogens is 1. The van der Waals surface area contributed by atoms with Crippen LogP contribution in [0.15, 0.2) is 91.1 Å². The molecule has 0 saturated carbocycles. The number of carbonyl (C=O) groups excluding carboxylic acids is 3. The average Bonchev–Trinajstić information content (AvgIpc) is 3.34. The summed E-state index contributed by atoms with van der Waals surface area (Å²) in [5, 5.41) is 6.48. The number of benzene rings is 3. The highest BCUT2D eigenvalue weighted by atomic mass is 16.6. The first-order valence-electron chi connectivity index (χ1n) is 13.3. The fourth-order valence-electron chi connectivity index (χ4n) is 4.32. The lowest BCUT2D eigenvalue weighted by Crippen LogP contribution is -2.54. The Kier molecular flexibility index (Phi) is 9.22. The summed E-state index contributed by atoms with van der Waals surface area (Å²) < 4.78 is 11.0. The van der Waals surface area contributed by atoms with Gasteiger partial charge in [0.05, 0.1) is 0 Å². The standard InChI is InChI=1S/C32H35N3O5/c1-32(2,3)40-31(38)35-27(19-24-20-33-26-17-11-10-16-25(24)26)29(36)34-28(18-22-12-6-4-7-13-22)30(37)39-21-23-14-8-5-9-15-23/h4-17,20,27-28,33H,18-19,21H2,1-3H3,(H,34,36)(H,35,38)/t27-,28+/m1/s1. The molecule has 0 unspecified atom stereocenters. The number of fused-ring (bicyclic) bond motifs is 1. The quantitative estimate of drug-likeness (QED) is 0.243. The monoisotopic (exact) mass is 541 g/mol. The molecule has 3 N–H and O–H groups in total. The minimum atomic E-state index is -1.01. The molecule has 4 rings (SSSR count). The first kappa shape index (κ1) is 28.4. The van der Waals surface area contributed by atoms with Crippen LogP contribution in [0, 0.1) is 0 Å². The van der Waals surface area contributed by atoms with Gasteiger partial charge in [0.25, 0.3) is 0 Å². The van der Waals surface area contributed by atoms with Gasteiger partial charge in [-0.2, -0.15) is 0 Å². The smallest absolute Gasteiger partial charge is 0.408 e. The molecule has 0 bridgehead atoms. The Morgan fingerprint density at radius 2 is 1.40 bits per heavy atom. The van der Waals surface area contributed by atoms with Gasteiger partial charge in [-0.05, 0) is 43.5 Å². The van der Waals surface area contributed by atoms with Gasteiger partial charge in [0, 0.05) is 29.9 Å². The zero-order valence-corrected chi connectivity index (χ0v) is 23.0. The molecule has 0 aliphatic rings. The van der Waals surface area contributed by atoms with E-state index in [9.17, 15) is 14.4 Å². The number of alkyl carbamates (subject to hydrolysis) is 1. The first-order chi connectivity index (χ1) is 19.2. The van der Waals surface area contributed by atoms with Crippen molar-refractivity contribution in [3.8, 4) is 0 Å². The molecule has 3 aromatic carbocycles. The van der Waals surface area contributed by atoms with E-state index >= 15 is 0 Å². The van der Waals surface area contributed by atoms with Gasteiger partial charge < -0.3 is 25.1 Å². The number of aromatic amines is 1. The Balaban J connectivity index is 1.55. The van der Waals surface area contributed by atoms with Crippen LogP contribution in [0.5, 0.6) is 0 Å². The highest BCUT2D eigenvalue weighted by Gasteiger charge is 2.30. The van der Waals surface area contributed by atoms with Gasteiger partial charge in [-0.1, -0.05) is 78.9 Å². The summed E-state index contributed by atoms with van der Waals surface area (Å²) in [6, 6.07) is 24.5. The van der Waals surface area contributed by atoms with Gasteiger partial charge in [-0.3, -0.25) is 4.79 Å². The third-order valence-corrected chi connectivity index (χ3v) is 6.21. The maximum absolute atomic E-state index is 13.7. The number of amides is 2. The van der Waals surface area contributed by atoms with Crippen molar-refractivity contribution in [2.45, 2.75) is 57.9 Å². The SMILES string of the molecule is CC(C)(C)OC(=O)N[C@H](Cc1c[nH]c2ccccc12)C(=O)N[C@@H](Cc1ccccc1)C(=O)OCc1ccccc1. The molecule has 0 spiro atoms. The summed E-state index contributed by atoms with van der Waals surface area (Å²) >= 11 is 0. The van der Waals surface area contributed by atoms with Crippen molar-refractivity contribution in [2.24, 2.45) is 0 Å². The lowest BCUT2D eigenvalue weighted by Gasteiger charge is -2.25. The molecular formula is C32H35N3O5. The number of hydrogen-bond acceptors (Lipinski definition) is 5. The second-order valence-electron chi connectivity index (χ2n) is 10.6. The van der Waals surface area contributed by atoms with Crippen LogP contribution < -0.4 is 10.6 Å². The Labute approximate surface area is 234 Å². The molecule has 8 nitrogen and oxygen atoms in total. The normalized spacial score (nSPS) is 12.8. The largest absolute Gasteiger partial charge is 0.459 e. The van der Waals surface area contributed by atoms with Gasteiger partial charge in [0.1, 0.15) is 24.3 Å². The molecule has 0 aliphatic heterocycles. The van der Waals surface area contributed by atoms with Gasteiger partial charge in [0.15, 0.2) is 0 Å². The maximum Gasteiger partial charge on any atom is 0.408 e. The van der Waals surface area contributed by atoms with Gasteiger partial charge >= 0.3 is 12.1 Å². The van der Waals surface area contributed by atoms with E-state index in [0.717, 1.165) is 27.6 Å². The first-order valence-corrected chi connectivity index (χ1v) is 13.3. The molecule has 40 heavy (non-hydrogen) atoms. The van der Waals surface area contributed by atoms with Gasteiger partial charge in [0.2, 0.25) is 5.91 Å². The number of esters is 1. The number of ether oxygens (including phenoxy) is 2. The predicted molar refractivity (Wildman–Crippen MR) is 153 cm³/mol. The molecule has 0 radical (unpaired) electrons. The molecule has 1 heterocycles. The summed E-state index contributed by atoms with van der Waals surface area (Å²) in [5.41, 5.74) is 2.71. The third kappa shape index (κ3) is 8.20. The lowest BCUT2D eigenvalue weighted by molar-refractivity contribution is -0.149. The number of hydrogen-bond donors (Lipinski definition) is 3. The number of rotatable bonds is 10. The third-order valence-electron chi connectivity index (χ3n) is 6.21. The second kappa shape index (κ2) is 13.0. The number of para-hydroxylation sites is 1. The summed E-state index contributed by atoms with van der Waals surface area (Å²) in [6.45, 7) is 5.33. The fraction of sp³-hybridized carbons (Fsp3) is 0.281. The van der Waals surface area contributed by atoms with E-state index in [1.165, 1.54) is 0 Å². The minimum absolute atomic E-state index is 0.0791. The molecule has 4 aromatic rings. The van der Waals surface area contributed by atoms with Crippen LogP contribution in [0.2, 0.25) is 0 Å². The second-order valence-corrected chi connectivity index (χ2v) is 10.6. The van der Waals surface area contributed by atoms with Crippen LogP contribution in [-0.4, -0.2) is 40.6 Å². The Bertz CT molecular complexity index is 1430. The summed E-state index contributed by atoms with van der Waals surface area (Å²) in [6.07, 6.45) is 1.51. The van der Waals surface area contributed by atoms with Crippen molar-refractivity contribution >= 4 is 28.9 Å². The molecule has 0 aliphatic carbocycles. The van der Waals surface area contributed by atoms with Crippen LogP contribution in [0.4, 0.5) is 4.79 Å². The van der Waals surface area contributed by atoms with E-state index in [0.29, 0.717) is 0 Å². The molecule has 1 aromatic heterocycles. The summed E-state index contributed by atoms with van der Waals surface area (Å²) in [4.78, 5) is 42.8. The molecular weight excluding hydrogens is 506 g/mol. The summed E-state index contributed by atoms with van der Waals surface area (Å²) in [7, 11) is 0. The van der Waals surface area contributed by atoms with Crippen LogP contribution in [0.25, 0.3) is 10.9 Å². The van der Waals surface area contributed by atoms with Gasteiger partial charge in [-0.15, -0.1) is 0 Å². The fourth-order valence-corrected chi connectivity index (χ4v) is 4.32. The highest BCUT2D eigenvalue weighted by molar-refractivity contribution is 5.91. The Morgan fingerprint density at radius 1 is 0.775 bits per heavy atom. The Morgan fingerprint density at radius 3 is 2.08 bits per heavy atom. The zero-order valence-electron chi connectivity index (χ0n) is 23.0. The molecule has 2 atom stereocenters. The maximum atomic E-state index is 13.7. The van der Waals surface area contributed by atoms with E-state index in [-0.39, 0.29) is 19.4 Å². The topological polar surface area (TPSA) is 110 Å². The van der Waals surface area contributed by atoms with E-state index in [4.69, 9.17) is 9.47 Å². The molecule has 0 saturated heterocycles. The minimum Gasteiger partial charge on any atom is -0.459 e. The van der Waals surface area contributed by atoms with E-state index in [2.05, 4.69) is 15.6 Å². The van der Waals surface area contributed by atoms with Crippen molar-refractivity contribution in [3.63, 3.8) is 0 Å². The van der Waals surface area contributed by atoms with Crippen molar-refractivity contribution in [2.75, 3.05) is 0 Å². The van der Waals surface area contributed by atoms with Crippen LogP contribution in [0.1, 0.15) is 37.5 Å². The zero-order chi connectivity index (χ0) is 28.5. The van der Waals surface area contributed by atoms with E-state index < -0.39 is 35.7 Å². The van der Waals surface area contributed by atoms with Crippen LogP contribution in [0.3, 0.4) is 0 Å². The lowest BCUT2D eigenvalue weighted by atomic mass is 10.0. The average molecular weight is 542 g/mol. The van der Waals surface area contributed by atoms with Crippen LogP contribution in [-0.2, 0) is 38.5 Å². The van der Waals surface area contributed by atoms with Crippen molar-refractivity contribution in [1.82, 2.24) is 15.6 Å². The molecule has 2 amide bonds. The molecule has 0 fully saturated rings. The van der Waals surface area contributed by atoms with Crippen molar-refractivity contribution in [3.05, 3.63) is 108 Å². The molecule has 8 heteroatoms.